The van der Waals surface area contributed by atoms with Gasteiger partial charge < -0.3 is 10.6 Å². The van der Waals surface area contributed by atoms with Gasteiger partial charge in [-0.3, -0.25) is 5.41 Å². The van der Waals surface area contributed by atoms with E-state index >= 15 is 0 Å². The van der Waals surface area contributed by atoms with E-state index in [4.69, 9.17) is 11.1 Å². The maximum Gasteiger partial charge on any atom is 0.226 e. The van der Waals surface area contributed by atoms with Gasteiger partial charge in [0.1, 0.15) is 11.5 Å². The number of rotatable bonds is 6. The van der Waals surface area contributed by atoms with E-state index in [1.807, 2.05) is 0 Å². The molecule has 0 unspecified atom stereocenters. The number of nitrogen functional groups attached to an aromatic ring is 1. The van der Waals surface area contributed by atoms with Crippen LogP contribution in [0.1, 0.15) is 51.6 Å². The quantitative estimate of drug-likeness (QED) is 0.617. The molecule has 0 amide bonds. The molecule has 110 valence electrons. The normalized spacial score (nSPS) is 15.8. The summed E-state index contributed by atoms with van der Waals surface area (Å²) in [7, 11) is 0. The Kier molecular flexibility index (Phi) is 4.93. The van der Waals surface area contributed by atoms with E-state index in [9.17, 15) is 0 Å². The van der Waals surface area contributed by atoms with E-state index in [-0.39, 0.29) is 5.84 Å². The van der Waals surface area contributed by atoms with Gasteiger partial charge in [0.15, 0.2) is 0 Å². The Morgan fingerprint density at radius 1 is 1.45 bits per heavy atom. The van der Waals surface area contributed by atoms with Gasteiger partial charge in [-0.15, -0.1) is 0 Å². The van der Waals surface area contributed by atoms with Gasteiger partial charge in [-0.05, 0) is 31.2 Å². The number of nitrogens with two attached hydrogens (primary N) is 1. The lowest BCUT2D eigenvalue weighted by molar-refractivity contribution is 0.521. The Bertz CT molecular complexity index is 451. The second-order valence-electron chi connectivity index (χ2n) is 5.97. The molecule has 0 bridgehead atoms. The number of hydrogen-bond acceptors (Lipinski definition) is 4. The van der Waals surface area contributed by atoms with Crippen LogP contribution in [0.4, 0.5) is 5.95 Å². The highest BCUT2D eigenvalue weighted by molar-refractivity contribution is 5.93. The molecule has 1 aromatic heterocycles. The van der Waals surface area contributed by atoms with Crippen LogP contribution in [-0.4, -0.2) is 28.4 Å². The Labute approximate surface area is 121 Å². The van der Waals surface area contributed by atoms with Crippen LogP contribution in [0.25, 0.3) is 0 Å². The van der Waals surface area contributed by atoms with E-state index < -0.39 is 0 Å². The van der Waals surface area contributed by atoms with Gasteiger partial charge in [-0.2, -0.15) is 0 Å². The van der Waals surface area contributed by atoms with Crippen molar-refractivity contribution in [2.75, 3.05) is 11.4 Å². The molecular weight excluding hydrogens is 250 g/mol. The summed E-state index contributed by atoms with van der Waals surface area (Å²) < 4.78 is 0. The van der Waals surface area contributed by atoms with Crippen molar-refractivity contribution in [1.82, 2.24) is 9.97 Å². The average molecular weight is 275 g/mol. The standard InChI is InChI=1S/C15H25N5/c1-11(2)8-10-20(12-5-3-4-6-12)15-18-9-7-13(19-15)14(16)17/h7,9,11-12H,3-6,8,10H2,1-2H3,(H3,16,17). The van der Waals surface area contributed by atoms with Gasteiger partial charge >= 0.3 is 0 Å². The zero-order valence-electron chi connectivity index (χ0n) is 12.5. The van der Waals surface area contributed by atoms with Gasteiger partial charge in [0.25, 0.3) is 0 Å². The lowest BCUT2D eigenvalue weighted by Crippen LogP contribution is -2.36. The Morgan fingerprint density at radius 2 is 2.15 bits per heavy atom. The van der Waals surface area contributed by atoms with Gasteiger partial charge in [0, 0.05) is 18.8 Å². The largest absolute Gasteiger partial charge is 0.382 e. The van der Waals surface area contributed by atoms with Crippen molar-refractivity contribution in [1.29, 1.82) is 5.41 Å². The molecule has 1 aliphatic rings. The molecule has 1 fully saturated rings. The molecule has 5 heteroatoms. The number of anilines is 1. The van der Waals surface area contributed by atoms with Crippen LogP contribution >= 0.6 is 0 Å². The number of amidine groups is 1. The molecule has 1 heterocycles. The van der Waals surface area contributed by atoms with E-state index in [1.165, 1.54) is 25.7 Å². The highest BCUT2D eigenvalue weighted by Gasteiger charge is 2.24. The third-order valence-electron chi connectivity index (χ3n) is 3.89. The fourth-order valence-corrected chi connectivity index (χ4v) is 2.70. The Hall–Kier alpha value is -1.65. The van der Waals surface area contributed by atoms with Crippen LogP contribution in [0, 0.1) is 11.3 Å². The summed E-state index contributed by atoms with van der Waals surface area (Å²) in [6.45, 7) is 5.45. The van der Waals surface area contributed by atoms with E-state index in [0.29, 0.717) is 17.7 Å². The molecule has 1 saturated carbocycles. The van der Waals surface area contributed by atoms with Gasteiger partial charge in [0.05, 0.1) is 0 Å². The molecule has 2 rings (SSSR count). The first-order chi connectivity index (χ1) is 9.58. The van der Waals surface area contributed by atoms with Crippen LogP contribution in [-0.2, 0) is 0 Å². The second-order valence-corrected chi connectivity index (χ2v) is 5.97. The first-order valence-corrected chi connectivity index (χ1v) is 7.52. The van der Waals surface area contributed by atoms with Gasteiger partial charge in [0.2, 0.25) is 5.95 Å². The maximum absolute atomic E-state index is 7.52. The minimum atomic E-state index is 0.00359. The van der Waals surface area contributed by atoms with Crippen molar-refractivity contribution >= 4 is 11.8 Å². The van der Waals surface area contributed by atoms with Crippen molar-refractivity contribution in [3.63, 3.8) is 0 Å². The highest BCUT2D eigenvalue weighted by atomic mass is 15.3. The molecule has 1 aliphatic carbocycles. The molecule has 0 atom stereocenters. The summed E-state index contributed by atoms with van der Waals surface area (Å²) >= 11 is 0. The van der Waals surface area contributed by atoms with E-state index in [1.54, 1.807) is 12.3 Å². The minimum Gasteiger partial charge on any atom is -0.382 e. The monoisotopic (exact) mass is 275 g/mol. The minimum absolute atomic E-state index is 0.00359. The van der Waals surface area contributed by atoms with Crippen molar-refractivity contribution < 1.29 is 0 Å². The number of nitrogens with one attached hydrogen (secondary N) is 1. The summed E-state index contributed by atoms with van der Waals surface area (Å²) in [5.74, 6) is 1.39. The summed E-state index contributed by atoms with van der Waals surface area (Å²) in [5, 5.41) is 7.52. The topological polar surface area (TPSA) is 78.9 Å². The fraction of sp³-hybridized carbons (Fsp3) is 0.667. The third kappa shape index (κ3) is 3.68. The molecular formula is C15H25N5. The van der Waals surface area contributed by atoms with Crippen LogP contribution in [0.5, 0.6) is 0 Å². The van der Waals surface area contributed by atoms with Crippen molar-refractivity contribution in [3.8, 4) is 0 Å². The Balaban J connectivity index is 2.20. The lowest BCUT2D eigenvalue weighted by Gasteiger charge is -2.29. The molecule has 5 nitrogen and oxygen atoms in total. The highest BCUT2D eigenvalue weighted by Crippen LogP contribution is 2.27. The van der Waals surface area contributed by atoms with Crippen molar-refractivity contribution in [2.45, 2.75) is 52.0 Å². The summed E-state index contributed by atoms with van der Waals surface area (Å²) in [6.07, 6.45) is 7.84. The zero-order chi connectivity index (χ0) is 14.5. The SMILES string of the molecule is CC(C)CCN(c1nccc(C(=N)N)n1)C1CCCC1. The van der Waals surface area contributed by atoms with Crippen LogP contribution < -0.4 is 10.6 Å². The van der Waals surface area contributed by atoms with Crippen LogP contribution in [0.2, 0.25) is 0 Å². The third-order valence-corrected chi connectivity index (χ3v) is 3.89. The first kappa shape index (κ1) is 14.8. The predicted molar refractivity (Wildman–Crippen MR) is 82.1 cm³/mol. The molecule has 0 radical (unpaired) electrons. The van der Waals surface area contributed by atoms with Gasteiger partial charge in [-0.25, -0.2) is 9.97 Å². The molecule has 3 N–H and O–H groups in total. The van der Waals surface area contributed by atoms with E-state index in [2.05, 4.69) is 28.7 Å². The van der Waals surface area contributed by atoms with Crippen molar-refractivity contribution in [3.05, 3.63) is 18.0 Å². The molecule has 0 aromatic carbocycles. The zero-order valence-corrected chi connectivity index (χ0v) is 12.5. The van der Waals surface area contributed by atoms with Crippen molar-refractivity contribution in [2.24, 2.45) is 11.7 Å². The number of hydrogen-bond donors (Lipinski definition) is 2. The summed E-state index contributed by atoms with van der Waals surface area (Å²) in [5.41, 5.74) is 6.05. The van der Waals surface area contributed by atoms with Crippen LogP contribution in [0.3, 0.4) is 0 Å². The van der Waals surface area contributed by atoms with E-state index in [0.717, 1.165) is 18.9 Å². The molecule has 20 heavy (non-hydrogen) atoms. The smallest absolute Gasteiger partial charge is 0.226 e. The molecule has 1 aromatic rings. The molecule has 0 saturated heterocycles. The summed E-state index contributed by atoms with van der Waals surface area (Å²) in [6, 6.07) is 2.23. The summed E-state index contributed by atoms with van der Waals surface area (Å²) in [4.78, 5) is 11.2. The predicted octanol–water partition coefficient (Wildman–Crippen LogP) is 2.56. The second kappa shape index (κ2) is 6.68. The number of aromatic nitrogens is 2. The Morgan fingerprint density at radius 3 is 2.75 bits per heavy atom. The lowest BCUT2D eigenvalue weighted by atomic mass is 10.1. The van der Waals surface area contributed by atoms with Crippen LogP contribution in [0.15, 0.2) is 12.3 Å². The number of nitrogens with zero attached hydrogens (tertiary/aromatic N) is 3. The molecule has 0 aliphatic heterocycles. The average Bonchev–Trinajstić information content (AvgIpc) is 2.93. The maximum atomic E-state index is 7.52. The first-order valence-electron chi connectivity index (χ1n) is 7.52. The van der Waals surface area contributed by atoms with Gasteiger partial charge in [-0.1, -0.05) is 26.7 Å². The fourth-order valence-electron chi connectivity index (χ4n) is 2.70. The molecule has 0 spiro atoms.